The maximum absolute atomic E-state index is 13.8. The predicted octanol–water partition coefficient (Wildman–Crippen LogP) is 3.75. The number of halogens is 1. The first kappa shape index (κ1) is 22.7. The van der Waals surface area contributed by atoms with Crippen molar-refractivity contribution in [3.8, 4) is 11.5 Å². The van der Waals surface area contributed by atoms with Crippen molar-refractivity contribution in [2.45, 2.75) is 27.0 Å². The van der Waals surface area contributed by atoms with Crippen LogP contribution in [0.5, 0.6) is 11.5 Å². The zero-order valence-electron chi connectivity index (χ0n) is 17.9. The van der Waals surface area contributed by atoms with Crippen LogP contribution in [-0.4, -0.2) is 23.3 Å². The SMILES string of the molecule is CCOc1cc(/C=N\NC(=O)c2cccn(CC)c2=O)ccc1OCc1ccccc1F. The van der Waals surface area contributed by atoms with E-state index in [1.807, 2.05) is 13.8 Å². The number of ether oxygens (including phenoxy) is 2. The zero-order chi connectivity index (χ0) is 22.9. The highest BCUT2D eigenvalue weighted by Gasteiger charge is 2.11. The molecule has 0 aliphatic rings. The van der Waals surface area contributed by atoms with Gasteiger partial charge in [-0.05, 0) is 55.8 Å². The molecule has 0 radical (unpaired) electrons. The molecule has 166 valence electrons. The van der Waals surface area contributed by atoms with E-state index < -0.39 is 5.91 Å². The molecule has 3 aromatic rings. The van der Waals surface area contributed by atoms with E-state index in [1.165, 1.54) is 22.9 Å². The van der Waals surface area contributed by atoms with E-state index in [0.29, 0.717) is 35.8 Å². The second kappa shape index (κ2) is 10.9. The lowest BCUT2D eigenvalue weighted by molar-refractivity contribution is 0.0953. The number of hydrogen-bond donors (Lipinski definition) is 1. The van der Waals surface area contributed by atoms with Crippen LogP contribution >= 0.6 is 0 Å². The second-order valence-corrected chi connectivity index (χ2v) is 6.73. The van der Waals surface area contributed by atoms with Crippen molar-refractivity contribution in [3.05, 3.63) is 93.7 Å². The highest BCUT2D eigenvalue weighted by atomic mass is 19.1. The van der Waals surface area contributed by atoms with Gasteiger partial charge in [-0.25, -0.2) is 9.82 Å². The Morgan fingerprint density at radius 2 is 1.91 bits per heavy atom. The van der Waals surface area contributed by atoms with Crippen molar-refractivity contribution in [3.63, 3.8) is 0 Å². The fourth-order valence-electron chi connectivity index (χ4n) is 2.95. The van der Waals surface area contributed by atoms with Crippen molar-refractivity contribution in [1.29, 1.82) is 0 Å². The predicted molar refractivity (Wildman–Crippen MR) is 120 cm³/mol. The Labute approximate surface area is 185 Å². The lowest BCUT2D eigenvalue weighted by Crippen LogP contribution is -2.30. The Bertz CT molecular complexity index is 1170. The van der Waals surface area contributed by atoms with Gasteiger partial charge < -0.3 is 14.0 Å². The number of nitrogens with one attached hydrogen (secondary N) is 1. The Morgan fingerprint density at radius 3 is 2.66 bits per heavy atom. The number of hydrogen-bond acceptors (Lipinski definition) is 5. The molecule has 1 aromatic heterocycles. The van der Waals surface area contributed by atoms with Crippen LogP contribution in [0.3, 0.4) is 0 Å². The van der Waals surface area contributed by atoms with Crippen LogP contribution in [0.4, 0.5) is 4.39 Å². The first-order chi connectivity index (χ1) is 15.5. The highest BCUT2D eigenvalue weighted by Crippen LogP contribution is 2.29. The summed E-state index contributed by atoms with van der Waals surface area (Å²) in [7, 11) is 0. The van der Waals surface area contributed by atoms with Crippen LogP contribution in [0.15, 0.2) is 70.7 Å². The summed E-state index contributed by atoms with van der Waals surface area (Å²) in [6, 6.07) is 14.6. The van der Waals surface area contributed by atoms with Crippen LogP contribution in [0.25, 0.3) is 0 Å². The highest BCUT2D eigenvalue weighted by molar-refractivity contribution is 5.94. The third-order valence-electron chi connectivity index (χ3n) is 4.59. The standard InChI is InChI=1S/C24H24FN3O4/c1-3-28-13-7-9-19(24(28)30)23(29)27-26-15-17-11-12-21(22(14-17)31-4-2)32-16-18-8-5-6-10-20(18)25/h5-15H,3-4,16H2,1-2H3,(H,27,29)/b26-15-. The van der Waals surface area contributed by atoms with E-state index in [4.69, 9.17) is 9.47 Å². The number of aryl methyl sites for hydroxylation is 1. The second-order valence-electron chi connectivity index (χ2n) is 6.73. The molecule has 1 heterocycles. The molecule has 0 saturated carbocycles. The molecule has 0 aliphatic heterocycles. The maximum Gasteiger partial charge on any atom is 0.276 e. The lowest BCUT2D eigenvalue weighted by Gasteiger charge is -2.13. The molecule has 3 rings (SSSR count). The third kappa shape index (κ3) is 5.60. The minimum Gasteiger partial charge on any atom is -0.490 e. The van der Waals surface area contributed by atoms with E-state index in [9.17, 15) is 14.0 Å². The Morgan fingerprint density at radius 1 is 1.09 bits per heavy atom. The van der Waals surface area contributed by atoms with Crippen LogP contribution < -0.4 is 20.5 Å². The van der Waals surface area contributed by atoms with Gasteiger partial charge in [0.15, 0.2) is 11.5 Å². The molecule has 8 heteroatoms. The first-order valence-corrected chi connectivity index (χ1v) is 10.2. The van der Waals surface area contributed by atoms with Gasteiger partial charge in [0, 0.05) is 18.3 Å². The van der Waals surface area contributed by atoms with Gasteiger partial charge >= 0.3 is 0 Å². The quantitative estimate of drug-likeness (QED) is 0.408. The number of rotatable bonds is 9. The summed E-state index contributed by atoms with van der Waals surface area (Å²) >= 11 is 0. The molecule has 7 nitrogen and oxygen atoms in total. The summed E-state index contributed by atoms with van der Waals surface area (Å²) in [4.78, 5) is 24.5. The average molecular weight is 437 g/mol. The van der Waals surface area contributed by atoms with Gasteiger partial charge in [0.2, 0.25) is 0 Å². The topological polar surface area (TPSA) is 81.9 Å². The zero-order valence-corrected chi connectivity index (χ0v) is 17.9. The van der Waals surface area contributed by atoms with E-state index in [2.05, 4.69) is 10.5 Å². The average Bonchev–Trinajstić information content (AvgIpc) is 2.80. The lowest BCUT2D eigenvalue weighted by atomic mass is 10.2. The summed E-state index contributed by atoms with van der Waals surface area (Å²) in [5.41, 5.74) is 3.08. The molecule has 0 spiro atoms. The molecule has 1 amide bonds. The van der Waals surface area contributed by atoms with Crippen molar-refractivity contribution in [2.24, 2.45) is 5.10 Å². The first-order valence-electron chi connectivity index (χ1n) is 10.2. The van der Waals surface area contributed by atoms with Crippen molar-refractivity contribution >= 4 is 12.1 Å². The third-order valence-corrected chi connectivity index (χ3v) is 4.59. The van der Waals surface area contributed by atoms with Gasteiger partial charge in [0.25, 0.3) is 11.5 Å². The minimum absolute atomic E-state index is 0.0124. The van der Waals surface area contributed by atoms with Crippen LogP contribution in [0.2, 0.25) is 0 Å². The number of amides is 1. The van der Waals surface area contributed by atoms with Gasteiger partial charge in [-0.15, -0.1) is 0 Å². The van der Waals surface area contributed by atoms with Gasteiger partial charge in [-0.3, -0.25) is 9.59 Å². The monoisotopic (exact) mass is 437 g/mol. The molecular formula is C24H24FN3O4. The summed E-state index contributed by atoms with van der Waals surface area (Å²) in [5, 5.41) is 3.93. The Balaban J connectivity index is 1.69. The molecule has 0 saturated heterocycles. The molecule has 0 atom stereocenters. The molecule has 2 aromatic carbocycles. The smallest absolute Gasteiger partial charge is 0.276 e. The maximum atomic E-state index is 13.8. The fraction of sp³-hybridized carbons (Fsp3) is 0.208. The van der Waals surface area contributed by atoms with Crippen molar-refractivity contribution < 1.29 is 18.7 Å². The van der Waals surface area contributed by atoms with E-state index in [-0.39, 0.29) is 23.5 Å². The molecule has 0 aliphatic carbocycles. The number of carbonyl (C=O) groups is 1. The summed E-state index contributed by atoms with van der Waals surface area (Å²) in [6.45, 7) is 4.59. The van der Waals surface area contributed by atoms with E-state index in [0.717, 1.165) is 0 Å². The number of nitrogens with zero attached hydrogens (tertiary/aromatic N) is 2. The van der Waals surface area contributed by atoms with Crippen molar-refractivity contribution in [2.75, 3.05) is 6.61 Å². The molecular weight excluding hydrogens is 413 g/mol. The number of pyridine rings is 1. The fourth-order valence-corrected chi connectivity index (χ4v) is 2.95. The molecule has 0 unspecified atom stereocenters. The molecule has 1 N–H and O–H groups in total. The van der Waals surface area contributed by atoms with Gasteiger partial charge in [-0.1, -0.05) is 18.2 Å². The Hall–Kier alpha value is -3.94. The largest absolute Gasteiger partial charge is 0.490 e. The number of carbonyl (C=O) groups excluding carboxylic acids is 1. The van der Waals surface area contributed by atoms with Crippen LogP contribution in [-0.2, 0) is 13.2 Å². The summed E-state index contributed by atoms with van der Waals surface area (Å²) in [6.07, 6.45) is 3.05. The summed E-state index contributed by atoms with van der Waals surface area (Å²) < 4.78 is 26.6. The van der Waals surface area contributed by atoms with Gasteiger partial charge in [0.05, 0.1) is 12.8 Å². The molecule has 0 bridgehead atoms. The normalized spacial score (nSPS) is 10.8. The van der Waals surface area contributed by atoms with Gasteiger partial charge in [0.1, 0.15) is 18.0 Å². The molecule has 0 fully saturated rings. The van der Waals surface area contributed by atoms with Gasteiger partial charge in [-0.2, -0.15) is 5.10 Å². The van der Waals surface area contributed by atoms with E-state index in [1.54, 1.807) is 48.7 Å². The number of aromatic nitrogens is 1. The molecule has 32 heavy (non-hydrogen) atoms. The van der Waals surface area contributed by atoms with Crippen LogP contribution in [0, 0.1) is 5.82 Å². The van der Waals surface area contributed by atoms with Crippen LogP contribution in [0.1, 0.15) is 35.3 Å². The number of hydrazone groups is 1. The minimum atomic E-state index is -0.594. The number of benzene rings is 2. The summed E-state index contributed by atoms with van der Waals surface area (Å²) in [5.74, 6) is -0.00770. The van der Waals surface area contributed by atoms with Crippen molar-refractivity contribution in [1.82, 2.24) is 9.99 Å². The Kier molecular flexibility index (Phi) is 7.75. The van der Waals surface area contributed by atoms with E-state index >= 15 is 0 Å².